The fraction of sp³-hybridized carbons (Fsp3) is 0.688. The molecule has 0 aromatic carbocycles. The number of hydrogen-bond donors (Lipinski definition) is 0. The molecule has 1 aliphatic carbocycles. The summed E-state index contributed by atoms with van der Waals surface area (Å²) in [6.45, 7) is 16.5. The minimum absolute atomic E-state index is 0.173. The van der Waals surface area contributed by atoms with E-state index in [2.05, 4.69) is 41.6 Å². The maximum absolute atomic E-state index is 13.8. The second-order valence-electron chi connectivity index (χ2n) is 12.5. The van der Waals surface area contributed by atoms with Gasteiger partial charge in [0.2, 0.25) is 5.88 Å². The van der Waals surface area contributed by atoms with Gasteiger partial charge in [0.15, 0.2) is 0 Å². The third kappa shape index (κ3) is 5.33. The van der Waals surface area contributed by atoms with Gasteiger partial charge >= 0.3 is 0 Å². The van der Waals surface area contributed by atoms with Crippen LogP contribution < -0.4 is 4.74 Å². The number of likely N-dealkylation sites (tertiary alicyclic amines) is 1. The smallest absolute Gasteiger partial charge is 0.255 e. The van der Waals surface area contributed by atoms with E-state index >= 15 is 0 Å². The number of morpholine rings is 1. The molecule has 1 saturated carbocycles. The number of pyridine rings is 1. The minimum atomic E-state index is 0.173. The average molecular weight is 567 g/mol. The van der Waals surface area contributed by atoms with Gasteiger partial charge in [-0.25, -0.2) is 4.98 Å². The Morgan fingerprint density at radius 2 is 1.77 bits per heavy atom. The van der Waals surface area contributed by atoms with E-state index in [9.17, 15) is 4.79 Å². The highest BCUT2D eigenvalue weighted by Gasteiger charge is 2.39. The van der Waals surface area contributed by atoms with Crippen molar-refractivity contribution in [3.63, 3.8) is 0 Å². The monoisotopic (exact) mass is 566 g/mol. The third-order valence-electron chi connectivity index (χ3n) is 10.2. The summed E-state index contributed by atoms with van der Waals surface area (Å²) in [6.07, 6.45) is 6.16. The lowest BCUT2D eigenvalue weighted by Gasteiger charge is -2.51. The van der Waals surface area contributed by atoms with E-state index < -0.39 is 0 Å². The van der Waals surface area contributed by atoms with Gasteiger partial charge in [-0.1, -0.05) is 6.92 Å². The first kappa shape index (κ1) is 28.1. The summed E-state index contributed by atoms with van der Waals surface area (Å²) >= 11 is 1.92. The van der Waals surface area contributed by atoms with Crippen LogP contribution in [-0.4, -0.2) is 90.7 Å². The highest BCUT2D eigenvalue weighted by atomic mass is 32.1. The molecule has 5 heterocycles. The summed E-state index contributed by atoms with van der Waals surface area (Å²) in [5, 5.41) is 0. The van der Waals surface area contributed by atoms with Gasteiger partial charge in [0.1, 0.15) is 0 Å². The summed E-state index contributed by atoms with van der Waals surface area (Å²) in [4.78, 5) is 28.5. The van der Waals surface area contributed by atoms with E-state index in [1.165, 1.54) is 54.1 Å². The summed E-state index contributed by atoms with van der Waals surface area (Å²) in [5.74, 6) is 2.03. The normalized spacial score (nSPS) is 25.5. The molecule has 1 atom stereocenters. The molecule has 3 fully saturated rings. The lowest BCUT2D eigenvalue weighted by Crippen LogP contribution is -2.64. The quantitative estimate of drug-likeness (QED) is 0.473. The van der Waals surface area contributed by atoms with Crippen molar-refractivity contribution in [2.75, 3.05) is 53.0 Å². The van der Waals surface area contributed by atoms with Gasteiger partial charge in [-0.15, -0.1) is 11.3 Å². The summed E-state index contributed by atoms with van der Waals surface area (Å²) in [6, 6.07) is 3.57. The number of nitrogens with zero attached hydrogens (tertiary/aromatic N) is 4. The van der Waals surface area contributed by atoms with E-state index in [0.29, 0.717) is 24.3 Å². The Hall–Kier alpha value is -2.00. The summed E-state index contributed by atoms with van der Waals surface area (Å²) in [7, 11) is 1.66. The summed E-state index contributed by atoms with van der Waals surface area (Å²) < 4.78 is 11.1. The third-order valence-corrected chi connectivity index (χ3v) is 11.7. The molecule has 3 aliphatic heterocycles. The number of carbonyl (C=O) groups is 1. The number of ether oxygens (including phenoxy) is 2. The fourth-order valence-corrected chi connectivity index (χ4v) is 9.09. The van der Waals surface area contributed by atoms with Crippen LogP contribution in [0.5, 0.6) is 5.88 Å². The Morgan fingerprint density at radius 1 is 1.05 bits per heavy atom. The number of rotatable bonds is 7. The van der Waals surface area contributed by atoms with E-state index in [-0.39, 0.29) is 5.91 Å². The highest BCUT2D eigenvalue weighted by molar-refractivity contribution is 7.12. The van der Waals surface area contributed by atoms with Crippen molar-refractivity contribution in [3.8, 4) is 5.88 Å². The van der Waals surface area contributed by atoms with Gasteiger partial charge in [0, 0.05) is 72.2 Å². The van der Waals surface area contributed by atoms with E-state index in [4.69, 9.17) is 9.47 Å². The molecule has 1 amide bonds. The second kappa shape index (κ2) is 11.7. The average Bonchev–Trinajstić information content (AvgIpc) is 3.27. The Morgan fingerprint density at radius 3 is 2.48 bits per heavy atom. The first-order chi connectivity index (χ1) is 19.3. The highest BCUT2D eigenvalue weighted by Crippen LogP contribution is 2.44. The number of aromatic nitrogens is 1. The van der Waals surface area contributed by atoms with E-state index in [1.54, 1.807) is 7.11 Å². The molecule has 6 rings (SSSR count). The van der Waals surface area contributed by atoms with Crippen molar-refractivity contribution in [1.82, 2.24) is 19.7 Å². The zero-order valence-corrected chi connectivity index (χ0v) is 25.8. The van der Waals surface area contributed by atoms with Crippen LogP contribution in [0.4, 0.5) is 0 Å². The van der Waals surface area contributed by atoms with Crippen LogP contribution in [0.3, 0.4) is 0 Å². The second-order valence-corrected chi connectivity index (χ2v) is 13.7. The van der Waals surface area contributed by atoms with Crippen LogP contribution >= 0.6 is 11.3 Å². The predicted molar refractivity (Wildman–Crippen MR) is 160 cm³/mol. The zero-order valence-electron chi connectivity index (χ0n) is 25.0. The van der Waals surface area contributed by atoms with Crippen molar-refractivity contribution in [2.45, 2.75) is 84.3 Å². The molecule has 2 aromatic rings. The lowest BCUT2D eigenvalue weighted by molar-refractivity contribution is -0.0520. The number of hydrogen-bond acceptors (Lipinski definition) is 7. The number of amides is 1. The molecule has 4 aliphatic rings. The molecule has 0 spiro atoms. The molecule has 0 radical (unpaired) electrons. The number of fused-ring (bicyclic) bond motifs is 1. The van der Waals surface area contributed by atoms with E-state index in [0.717, 1.165) is 73.7 Å². The fourth-order valence-electron chi connectivity index (χ4n) is 7.65. The van der Waals surface area contributed by atoms with Crippen molar-refractivity contribution in [1.29, 1.82) is 0 Å². The van der Waals surface area contributed by atoms with Crippen LogP contribution in [0.1, 0.15) is 81.0 Å². The van der Waals surface area contributed by atoms with Crippen molar-refractivity contribution < 1.29 is 14.3 Å². The largest absolute Gasteiger partial charge is 0.481 e. The van der Waals surface area contributed by atoms with Gasteiger partial charge in [-0.05, 0) is 75.5 Å². The molecule has 8 heteroatoms. The molecular weight excluding hydrogens is 520 g/mol. The first-order valence-electron chi connectivity index (χ1n) is 15.3. The molecule has 1 unspecified atom stereocenters. The maximum atomic E-state index is 13.8. The van der Waals surface area contributed by atoms with Crippen LogP contribution in [0.15, 0.2) is 6.07 Å². The molecular formula is C32H46N4O3S. The summed E-state index contributed by atoms with van der Waals surface area (Å²) in [5.41, 5.74) is 5.28. The lowest BCUT2D eigenvalue weighted by atomic mass is 9.76. The molecule has 0 N–H and O–H groups in total. The van der Waals surface area contributed by atoms with Crippen molar-refractivity contribution >= 4 is 17.2 Å². The number of methoxy groups -OCH3 is 1. The number of carbonyl (C=O) groups excluding carboxylic acids is 1. The Labute approximate surface area is 243 Å². The molecule has 218 valence electrons. The van der Waals surface area contributed by atoms with Crippen molar-refractivity contribution in [2.24, 2.45) is 5.92 Å². The molecule has 2 aromatic heterocycles. The standard InChI is InChI=1S/C32H46N4O3S/c1-20-16-21(2)33-31(38-5)27(20)19-35-11-10-28-29(32(35)37)23(4)30(40-28)22(3)24-6-8-25(9-7-24)36-17-26(18-36)34-12-14-39-15-13-34/h16,22,24-26H,6-15,17-19H2,1-5H3. The Bertz CT molecular complexity index is 1230. The van der Waals surface area contributed by atoms with Crippen LogP contribution in [-0.2, 0) is 17.7 Å². The van der Waals surface area contributed by atoms with Crippen LogP contribution in [0.25, 0.3) is 0 Å². The molecule has 0 bridgehead atoms. The van der Waals surface area contributed by atoms with Gasteiger partial charge in [-0.3, -0.25) is 14.6 Å². The molecule has 7 nitrogen and oxygen atoms in total. The maximum Gasteiger partial charge on any atom is 0.255 e. The van der Waals surface area contributed by atoms with Gasteiger partial charge in [0.25, 0.3) is 5.91 Å². The number of aryl methyl sites for hydroxylation is 2. The van der Waals surface area contributed by atoms with Gasteiger partial charge in [-0.2, -0.15) is 0 Å². The molecule has 2 saturated heterocycles. The molecule has 40 heavy (non-hydrogen) atoms. The van der Waals surface area contributed by atoms with Gasteiger partial charge < -0.3 is 14.4 Å². The van der Waals surface area contributed by atoms with Gasteiger partial charge in [0.05, 0.1) is 32.4 Å². The topological polar surface area (TPSA) is 58.1 Å². The van der Waals surface area contributed by atoms with Crippen LogP contribution in [0.2, 0.25) is 0 Å². The minimum Gasteiger partial charge on any atom is -0.481 e. The Balaban J connectivity index is 1.07. The van der Waals surface area contributed by atoms with Crippen LogP contribution in [0, 0.1) is 26.7 Å². The Kier molecular flexibility index (Phi) is 8.23. The first-order valence-corrected chi connectivity index (χ1v) is 16.1. The predicted octanol–water partition coefficient (Wildman–Crippen LogP) is 4.95. The van der Waals surface area contributed by atoms with E-state index in [1.807, 2.05) is 23.2 Å². The SMILES string of the molecule is COc1nc(C)cc(C)c1CN1CCc2sc(C(C)C3CCC(N4CC(N5CCOCC5)C4)CC3)c(C)c2C1=O. The number of thiophene rings is 1. The zero-order chi connectivity index (χ0) is 28.0. The van der Waals surface area contributed by atoms with Crippen molar-refractivity contribution in [3.05, 3.63) is 43.8 Å².